The van der Waals surface area contributed by atoms with Gasteiger partial charge in [-0.05, 0) is 51.0 Å². The molecule has 0 bridgehead atoms. The molecule has 1 N–H and O–H groups in total. The molecule has 0 saturated carbocycles. The number of hydrogen-bond acceptors (Lipinski definition) is 4. The van der Waals surface area contributed by atoms with Crippen LogP contribution in [-0.2, 0) is 32.6 Å². The van der Waals surface area contributed by atoms with E-state index in [0.29, 0.717) is 0 Å². The van der Waals surface area contributed by atoms with Crippen molar-refractivity contribution in [3.63, 3.8) is 0 Å². The molecule has 9 heteroatoms. The van der Waals surface area contributed by atoms with Crippen molar-refractivity contribution in [1.82, 2.24) is 10.2 Å². The summed E-state index contributed by atoms with van der Waals surface area (Å²) in [6, 6.07) is 21.3. The van der Waals surface area contributed by atoms with Gasteiger partial charge in [0, 0.05) is 18.5 Å². The summed E-state index contributed by atoms with van der Waals surface area (Å²) in [6.07, 6.45) is 1.13. The minimum atomic E-state index is -4.04. The smallest absolute Gasteiger partial charge is 0.244 e. The van der Waals surface area contributed by atoms with Crippen molar-refractivity contribution in [2.24, 2.45) is 0 Å². The van der Waals surface area contributed by atoms with Crippen molar-refractivity contribution in [1.29, 1.82) is 0 Å². The Balaban J connectivity index is 2.09. The first-order valence-corrected chi connectivity index (χ1v) is 14.5. The molecule has 1 atom stereocenters. The lowest BCUT2D eigenvalue weighted by Gasteiger charge is -2.35. The molecular weight excluding hydrogens is 517 g/mol. The van der Waals surface area contributed by atoms with Crippen molar-refractivity contribution < 1.29 is 22.4 Å². The third-order valence-electron chi connectivity index (χ3n) is 6.01. The second kappa shape index (κ2) is 12.4. The maximum absolute atomic E-state index is 14.7. The van der Waals surface area contributed by atoms with Gasteiger partial charge < -0.3 is 10.2 Å². The van der Waals surface area contributed by atoms with Crippen molar-refractivity contribution in [3.8, 4) is 0 Å². The minimum Gasteiger partial charge on any atom is -0.350 e. The second-order valence-corrected chi connectivity index (χ2v) is 12.6. The average molecular weight is 554 g/mol. The highest BCUT2D eigenvalue weighted by molar-refractivity contribution is 7.92. The molecule has 0 aliphatic rings. The number of nitrogens with one attached hydrogen (secondary N) is 1. The summed E-state index contributed by atoms with van der Waals surface area (Å²) < 4.78 is 40.9. The van der Waals surface area contributed by atoms with Crippen molar-refractivity contribution >= 4 is 27.5 Å². The van der Waals surface area contributed by atoms with Crippen LogP contribution < -0.4 is 9.62 Å². The van der Waals surface area contributed by atoms with Crippen LogP contribution >= 0.6 is 0 Å². The Hall–Kier alpha value is -3.72. The molecule has 208 valence electrons. The van der Waals surface area contributed by atoms with Crippen LogP contribution in [0.25, 0.3) is 0 Å². The van der Waals surface area contributed by atoms with Gasteiger partial charge in [0.05, 0.1) is 11.9 Å². The Morgan fingerprint density at radius 1 is 0.923 bits per heavy atom. The Morgan fingerprint density at radius 3 is 2.13 bits per heavy atom. The van der Waals surface area contributed by atoms with Gasteiger partial charge in [0.1, 0.15) is 18.4 Å². The van der Waals surface area contributed by atoms with Gasteiger partial charge in [-0.2, -0.15) is 0 Å². The van der Waals surface area contributed by atoms with Gasteiger partial charge in [0.25, 0.3) is 0 Å². The lowest BCUT2D eigenvalue weighted by Crippen LogP contribution is -2.56. The molecule has 0 heterocycles. The summed E-state index contributed by atoms with van der Waals surface area (Å²) in [5, 5.41) is 2.97. The van der Waals surface area contributed by atoms with Gasteiger partial charge in [0.15, 0.2) is 0 Å². The first kappa shape index (κ1) is 29.8. The number of aryl methyl sites for hydroxylation is 1. The molecule has 0 unspecified atom stereocenters. The molecule has 0 spiro atoms. The zero-order valence-corrected chi connectivity index (χ0v) is 23.8. The van der Waals surface area contributed by atoms with E-state index in [9.17, 15) is 22.4 Å². The number of nitrogens with zero attached hydrogens (tertiary/aromatic N) is 2. The number of halogens is 1. The van der Waals surface area contributed by atoms with E-state index in [0.717, 1.165) is 33.3 Å². The summed E-state index contributed by atoms with van der Waals surface area (Å²) in [5.41, 5.74) is 1.78. The summed E-state index contributed by atoms with van der Waals surface area (Å²) in [7, 11) is -4.04. The van der Waals surface area contributed by atoms with Crippen molar-refractivity contribution in [3.05, 3.63) is 101 Å². The fourth-order valence-electron chi connectivity index (χ4n) is 4.26. The third-order valence-corrected chi connectivity index (χ3v) is 7.13. The number of hydrogen-bond donors (Lipinski definition) is 1. The first-order chi connectivity index (χ1) is 18.2. The van der Waals surface area contributed by atoms with Crippen LogP contribution in [-0.4, -0.2) is 49.5 Å². The van der Waals surface area contributed by atoms with Crippen LogP contribution in [0.1, 0.15) is 37.5 Å². The van der Waals surface area contributed by atoms with E-state index in [-0.39, 0.29) is 24.6 Å². The third kappa shape index (κ3) is 8.64. The monoisotopic (exact) mass is 553 g/mol. The molecule has 3 aromatic carbocycles. The van der Waals surface area contributed by atoms with Crippen LogP contribution in [0.3, 0.4) is 0 Å². The van der Waals surface area contributed by atoms with Crippen LogP contribution in [0.5, 0.6) is 0 Å². The average Bonchev–Trinajstić information content (AvgIpc) is 2.84. The first-order valence-electron chi connectivity index (χ1n) is 12.7. The minimum absolute atomic E-state index is 0.0600. The van der Waals surface area contributed by atoms with Crippen molar-refractivity contribution in [2.45, 2.75) is 52.2 Å². The van der Waals surface area contributed by atoms with Gasteiger partial charge in [-0.3, -0.25) is 13.9 Å². The molecule has 0 saturated heterocycles. The topological polar surface area (TPSA) is 86.8 Å². The van der Waals surface area contributed by atoms with E-state index in [4.69, 9.17) is 0 Å². The number of rotatable bonds is 10. The standard InChI is InChI=1S/C30H36FN3O4S/c1-22-12-11-15-24(18-22)20-33(27(29(36)32-30(2,3)4)19-23-13-7-6-8-14-23)28(35)21-34(39(5,37)38)26-17-10-9-16-25(26)31/h6-18,27H,19-21H2,1-5H3,(H,32,36)/t27-/m0/s1. The Morgan fingerprint density at radius 2 is 1.54 bits per heavy atom. The number of amides is 2. The molecule has 3 rings (SSSR count). The Kier molecular flexibility index (Phi) is 9.50. The summed E-state index contributed by atoms with van der Waals surface area (Å²) in [6.45, 7) is 6.86. The molecule has 3 aromatic rings. The molecular formula is C30H36FN3O4S. The van der Waals surface area contributed by atoms with Gasteiger partial charge in [0.2, 0.25) is 21.8 Å². The van der Waals surface area contributed by atoms with E-state index in [1.54, 1.807) is 0 Å². The molecule has 39 heavy (non-hydrogen) atoms. The van der Waals surface area contributed by atoms with E-state index >= 15 is 0 Å². The zero-order chi connectivity index (χ0) is 28.8. The van der Waals surface area contributed by atoms with E-state index in [2.05, 4.69) is 5.32 Å². The lowest BCUT2D eigenvalue weighted by molar-refractivity contribution is -0.140. The van der Waals surface area contributed by atoms with Crippen LogP contribution in [0, 0.1) is 12.7 Å². The molecule has 0 aliphatic heterocycles. The maximum Gasteiger partial charge on any atom is 0.244 e. The molecule has 0 aliphatic carbocycles. The molecule has 7 nitrogen and oxygen atoms in total. The number of para-hydroxylation sites is 1. The SMILES string of the molecule is Cc1cccc(CN(C(=O)CN(c2ccccc2F)S(C)(=O)=O)[C@@H](Cc2ccccc2)C(=O)NC(C)(C)C)c1. The van der Waals surface area contributed by atoms with Gasteiger partial charge in [-0.15, -0.1) is 0 Å². The number of anilines is 1. The number of sulfonamides is 1. The number of carbonyl (C=O) groups is 2. The normalized spacial score (nSPS) is 12.5. The van der Waals surface area contributed by atoms with Crippen molar-refractivity contribution in [2.75, 3.05) is 17.1 Å². The number of benzene rings is 3. The summed E-state index contributed by atoms with van der Waals surface area (Å²) >= 11 is 0. The predicted octanol–water partition coefficient (Wildman–Crippen LogP) is 4.45. The highest BCUT2D eigenvalue weighted by Crippen LogP contribution is 2.23. The highest BCUT2D eigenvalue weighted by Gasteiger charge is 2.34. The van der Waals surface area contributed by atoms with E-state index in [1.165, 1.54) is 23.1 Å². The lowest BCUT2D eigenvalue weighted by atomic mass is 10.0. The summed E-state index contributed by atoms with van der Waals surface area (Å²) in [5.74, 6) is -1.77. The predicted molar refractivity (Wildman–Crippen MR) is 152 cm³/mol. The molecule has 0 fully saturated rings. The molecule has 0 aromatic heterocycles. The van der Waals surface area contributed by atoms with Crippen LogP contribution in [0.15, 0.2) is 78.9 Å². The quantitative estimate of drug-likeness (QED) is 0.402. The van der Waals surface area contributed by atoms with Gasteiger partial charge in [-0.1, -0.05) is 72.3 Å². The van der Waals surface area contributed by atoms with E-state index in [1.807, 2.05) is 82.3 Å². The molecule has 2 amide bonds. The Labute approximate surface area is 230 Å². The van der Waals surface area contributed by atoms with Crippen LogP contribution in [0.2, 0.25) is 0 Å². The zero-order valence-electron chi connectivity index (χ0n) is 23.0. The van der Waals surface area contributed by atoms with E-state index < -0.39 is 39.9 Å². The highest BCUT2D eigenvalue weighted by atomic mass is 32.2. The summed E-state index contributed by atoms with van der Waals surface area (Å²) in [4.78, 5) is 29.1. The van der Waals surface area contributed by atoms with Gasteiger partial charge in [-0.25, -0.2) is 12.8 Å². The van der Waals surface area contributed by atoms with Crippen LogP contribution in [0.4, 0.5) is 10.1 Å². The largest absolute Gasteiger partial charge is 0.350 e. The fourth-order valence-corrected chi connectivity index (χ4v) is 5.11. The number of carbonyl (C=O) groups excluding carboxylic acids is 2. The Bertz CT molecular complexity index is 1400. The second-order valence-electron chi connectivity index (χ2n) is 10.7. The molecule has 0 radical (unpaired) electrons. The van der Waals surface area contributed by atoms with Gasteiger partial charge >= 0.3 is 0 Å². The maximum atomic E-state index is 14.7. The fraction of sp³-hybridized carbons (Fsp3) is 0.333.